The Bertz CT molecular complexity index is 1150. The van der Waals surface area contributed by atoms with Crippen LogP contribution in [0.1, 0.15) is 34.0 Å². The molecule has 28 heavy (non-hydrogen) atoms. The van der Waals surface area contributed by atoms with Crippen LogP contribution in [0.2, 0.25) is 0 Å². The van der Waals surface area contributed by atoms with E-state index >= 15 is 0 Å². The van der Waals surface area contributed by atoms with Gasteiger partial charge in [0.1, 0.15) is 5.75 Å². The SMILES string of the molecule is CCc1ccc(OC(=O)c2cc(-c3cccs3)nc3c(C)cc(C)cc23)cc1. The van der Waals surface area contributed by atoms with Crippen molar-refractivity contribution < 1.29 is 9.53 Å². The molecule has 0 N–H and O–H groups in total. The second kappa shape index (κ2) is 7.56. The monoisotopic (exact) mass is 387 g/mol. The van der Waals surface area contributed by atoms with Gasteiger partial charge >= 0.3 is 5.97 Å². The molecule has 0 radical (unpaired) electrons. The van der Waals surface area contributed by atoms with Gasteiger partial charge in [0.05, 0.1) is 21.7 Å². The topological polar surface area (TPSA) is 39.2 Å². The lowest BCUT2D eigenvalue weighted by Gasteiger charge is -2.12. The number of fused-ring (bicyclic) bond motifs is 1. The summed E-state index contributed by atoms with van der Waals surface area (Å²) in [4.78, 5) is 18.9. The van der Waals surface area contributed by atoms with Crippen LogP contribution in [0, 0.1) is 13.8 Å². The molecular weight excluding hydrogens is 366 g/mol. The van der Waals surface area contributed by atoms with Crippen LogP contribution in [-0.2, 0) is 6.42 Å². The number of aromatic nitrogens is 1. The van der Waals surface area contributed by atoms with Gasteiger partial charge in [0, 0.05) is 5.39 Å². The third-order valence-electron chi connectivity index (χ3n) is 4.78. The first-order valence-electron chi connectivity index (χ1n) is 9.32. The summed E-state index contributed by atoms with van der Waals surface area (Å²) >= 11 is 1.61. The third kappa shape index (κ3) is 3.56. The first kappa shape index (κ1) is 18.4. The van der Waals surface area contributed by atoms with Crippen molar-refractivity contribution >= 4 is 28.2 Å². The number of carbonyl (C=O) groups is 1. The highest BCUT2D eigenvalue weighted by molar-refractivity contribution is 7.13. The Morgan fingerprint density at radius 3 is 2.54 bits per heavy atom. The minimum Gasteiger partial charge on any atom is -0.423 e. The van der Waals surface area contributed by atoms with Gasteiger partial charge in [-0.05, 0) is 67.1 Å². The average Bonchev–Trinajstić information content (AvgIpc) is 3.22. The van der Waals surface area contributed by atoms with Gasteiger partial charge in [-0.15, -0.1) is 11.3 Å². The second-order valence-electron chi connectivity index (χ2n) is 6.90. The Hall–Kier alpha value is -2.98. The predicted molar refractivity (Wildman–Crippen MR) is 115 cm³/mol. The number of hydrogen-bond donors (Lipinski definition) is 0. The van der Waals surface area contributed by atoms with Crippen LogP contribution in [0.25, 0.3) is 21.5 Å². The summed E-state index contributed by atoms with van der Waals surface area (Å²) in [5.74, 6) is 0.189. The molecule has 4 rings (SSSR count). The molecule has 0 aliphatic heterocycles. The van der Waals surface area contributed by atoms with Crippen molar-refractivity contribution in [1.29, 1.82) is 0 Å². The first-order valence-corrected chi connectivity index (χ1v) is 10.2. The quantitative estimate of drug-likeness (QED) is 0.302. The van der Waals surface area contributed by atoms with Gasteiger partial charge in [-0.25, -0.2) is 9.78 Å². The lowest BCUT2D eigenvalue weighted by Crippen LogP contribution is -2.10. The minimum absolute atomic E-state index is 0.362. The van der Waals surface area contributed by atoms with Crippen LogP contribution in [0.4, 0.5) is 0 Å². The zero-order chi connectivity index (χ0) is 19.7. The summed E-state index contributed by atoms with van der Waals surface area (Å²) in [5.41, 5.74) is 5.53. The molecule has 0 unspecified atom stereocenters. The summed E-state index contributed by atoms with van der Waals surface area (Å²) in [5, 5.41) is 2.84. The molecule has 2 heterocycles. The fraction of sp³-hybridized carbons (Fsp3) is 0.167. The molecule has 3 nitrogen and oxygen atoms in total. The van der Waals surface area contributed by atoms with Crippen molar-refractivity contribution in [2.45, 2.75) is 27.2 Å². The van der Waals surface area contributed by atoms with Crippen LogP contribution in [0.5, 0.6) is 5.75 Å². The van der Waals surface area contributed by atoms with E-state index in [1.54, 1.807) is 11.3 Å². The number of thiophene rings is 1. The smallest absolute Gasteiger partial charge is 0.344 e. The van der Waals surface area contributed by atoms with Crippen molar-refractivity contribution in [1.82, 2.24) is 4.98 Å². The highest BCUT2D eigenvalue weighted by Crippen LogP contribution is 2.30. The molecule has 0 atom stereocenters. The van der Waals surface area contributed by atoms with Gasteiger partial charge in [0.15, 0.2) is 0 Å². The van der Waals surface area contributed by atoms with Gasteiger partial charge in [-0.2, -0.15) is 0 Å². The van der Waals surface area contributed by atoms with Gasteiger partial charge in [0.2, 0.25) is 0 Å². The molecule has 0 aliphatic carbocycles. The number of aryl methyl sites for hydroxylation is 3. The van der Waals surface area contributed by atoms with E-state index in [0.29, 0.717) is 11.3 Å². The number of rotatable bonds is 4. The Morgan fingerprint density at radius 1 is 1.07 bits per heavy atom. The standard InChI is InChI=1S/C24H21NO2S/c1-4-17-7-9-18(10-8-17)27-24(26)20-14-21(22-6-5-11-28-22)25-23-16(3)12-15(2)13-19(20)23/h5-14H,4H2,1-3H3. The van der Waals surface area contributed by atoms with E-state index in [1.807, 2.05) is 67.8 Å². The highest BCUT2D eigenvalue weighted by Gasteiger charge is 2.18. The van der Waals surface area contributed by atoms with Crippen LogP contribution >= 0.6 is 11.3 Å². The minimum atomic E-state index is -0.362. The first-order chi connectivity index (χ1) is 13.5. The fourth-order valence-corrected chi connectivity index (χ4v) is 4.04. The largest absolute Gasteiger partial charge is 0.423 e. The van der Waals surface area contributed by atoms with Crippen molar-refractivity contribution in [3.63, 3.8) is 0 Å². The Morgan fingerprint density at radius 2 is 1.86 bits per heavy atom. The van der Waals surface area contributed by atoms with Gasteiger partial charge in [-0.1, -0.05) is 36.8 Å². The lowest BCUT2D eigenvalue weighted by molar-refractivity contribution is 0.0737. The number of esters is 1. The summed E-state index contributed by atoms with van der Waals surface area (Å²) in [6, 6.07) is 17.6. The maximum atomic E-state index is 13.1. The van der Waals surface area contributed by atoms with Crippen LogP contribution in [0.15, 0.2) is 60.0 Å². The molecule has 0 bridgehead atoms. The number of ether oxygens (including phenoxy) is 1. The number of carbonyl (C=O) groups excluding carboxylic acids is 1. The van der Waals surface area contributed by atoms with E-state index in [-0.39, 0.29) is 5.97 Å². The molecule has 0 saturated heterocycles. The van der Waals surface area contributed by atoms with Crippen LogP contribution in [-0.4, -0.2) is 11.0 Å². The average molecular weight is 388 g/mol. The Balaban J connectivity index is 1.82. The molecule has 0 amide bonds. The van der Waals surface area contributed by atoms with E-state index in [1.165, 1.54) is 5.56 Å². The van der Waals surface area contributed by atoms with Gasteiger partial charge in [0.25, 0.3) is 0 Å². The summed E-state index contributed by atoms with van der Waals surface area (Å²) in [7, 11) is 0. The zero-order valence-corrected chi connectivity index (χ0v) is 17.0. The maximum Gasteiger partial charge on any atom is 0.344 e. The number of hydrogen-bond acceptors (Lipinski definition) is 4. The van der Waals surface area contributed by atoms with E-state index in [2.05, 4.69) is 13.0 Å². The van der Waals surface area contributed by atoms with E-state index in [0.717, 1.165) is 39.0 Å². The van der Waals surface area contributed by atoms with Gasteiger partial charge in [-0.3, -0.25) is 0 Å². The fourth-order valence-electron chi connectivity index (χ4n) is 3.36. The van der Waals surface area contributed by atoms with Gasteiger partial charge < -0.3 is 4.74 Å². The van der Waals surface area contributed by atoms with Crippen LogP contribution in [0.3, 0.4) is 0 Å². The van der Waals surface area contributed by atoms with Crippen LogP contribution < -0.4 is 4.74 Å². The molecule has 0 fully saturated rings. The lowest BCUT2D eigenvalue weighted by atomic mass is 10.0. The summed E-state index contributed by atoms with van der Waals surface area (Å²) < 4.78 is 5.70. The number of pyridine rings is 1. The molecule has 0 spiro atoms. The van der Waals surface area contributed by atoms with Crippen molar-refractivity contribution in [2.24, 2.45) is 0 Å². The third-order valence-corrected chi connectivity index (χ3v) is 5.68. The van der Waals surface area contributed by atoms with Crippen molar-refractivity contribution in [3.8, 4) is 16.3 Å². The molecule has 2 aromatic heterocycles. The van der Waals surface area contributed by atoms with Crippen molar-refractivity contribution in [3.05, 3.63) is 82.2 Å². The van der Waals surface area contributed by atoms with E-state index in [9.17, 15) is 4.79 Å². The predicted octanol–water partition coefficient (Wildman–Crippen LogP) is 6.36. The van der Waals surface area contributed by atoms with Crippen molar-refractivity contribution in [2.75, 3.05) is 0 Å². The normalized spacial score (nSPS) is 11.0. The molecule has 0 saturated carbocycles. The Kier molecular flexibility index (Phi) is 4.97. The number of benzene rings is 2. The van der Waals surface area contributed by atoms with E-state index in [4.69, 9.17) is 9.72 Å². The molecule has 4 aromatic rings. The molecule has 140 valence electrons. The summed E-state index contributed by atoms with van der Waals surface area (Å²) in [6.45, 7) is 6.15. The second-order valence-corrected chi connectivity index (χ2v) is 7.85. The van der Waals surface area contributed by atoms with E-state index < -0.39 is 0 Å². The molecule has 4 heteroatoms. The molecule has 2 aromatic carbocycles. The number of nitrogens with zero attached hydrogens (tertiary/aromatic N) is 1. The maximum absolute atomic E-state index is 13.1. The molecular formula is C24H21NO2S. The highest BCUT2D eigenvalue weighted by atomic mass is 32.1. The molecule has 0 aliphatic rings. The zero-order valence-electron chi connectivity index (χ0n) is 16.2. The Labute approximate surface area is 168 Å². The summed E-state index contributed by atoms with van der Waals surface area (Å²) in [6.07, 6.45) is 0.950.